The number of imidazole rings is 1. The van der Waals surface area contributed by atoms with Crippen LogP contribution in [0.25, 0.3) is 55.5 Å². The van der Waals surface area contributed by atoms with Crippen LogP contribution in [-0.2, 0) is 0 Å². The van der Waals surface area contributed by atoms with Crippen molar-refractivity contribution >= 4 is 22.4 Å². The Kier molecular flexibility index (Phi) is 4.51. The van der Waals surface area contributed by atoms with E-state index in [0.717, 1.165) is 42.9 Å². The van der Waals surface area contributed by atoms with Gasteiger partial charge in [-0.3, -0.25) is 9.97 Å². The zero-order valence-corrected chi connectivity index (χ0v) is 18.4. The fraction of sp³-hybridized carbons (Fsp3) is 0.0400. The monoisotopic (exact) mass is 450 g/mol. The number of hydrogen-bond acceptors (Lipinski definition) is 6. The number of aromatic nitrogens is 6. The Morgan fingerprint density at radius 2 is 1.94 bits per heavy atom. The molecule has 0 aliphatic rings. The Hall–Kier alpha value is -4.30. The molecule has 0 atom stereocenters. The van der Waals surface area contributed by atoms with E-state index in [9.17, 15) is 5.21 Å². The van der Waals surface area contributed by atoms with Gasteiger partial charge in [0, 0.05) is 35.7 Å². The van der Waals surface area contributed by atoms with Crippen LogP contribution in [0.4, 0.5) is 0 Å². The van der Waals surface area contributed by atoms with Gasteiger partial charge in [-0.2, -0.15) is 4.73 Å². The lowest BCUT2D eigenvalue weighted by atomic mass is 9.96. The number of aryl methyl sites for hydroxylation is 1. The molecule has 0 bridgehead atoms. The van der Waals surface area contributed by atoms with Crippen LogP contribution in [0.5, 0.6) is 0 Å². The number of benzene rings is 1. The first-order valence-electron chi connectivity index (χ1n) is 10.4. The van der Waals surface area contributed by atoms with Crippen molar-refractivity contribution in [2.75, 3.05) is 0 Å². The number of nitrogens with one attached hydrogen (secondary N) is 1. The van der Waals surface area contributed by atoms with Crippen molar-refractivity contribution in [2.45, 2.75) is 6.92 Å². The molecule has 1 aromatic carbocycles. The molecular weight excluding hydrogens is 432 g/mol. The summed E-state index contributed by atoms with van der Waals surface area (Å²) in [6.45, 7) is 2.08. The van der Waals surface area contributed by atoms with Gasteiger partial charge in [0.15, 0.2) is 5.82 Å². The number of pyridine rings is 1. The molecule has 160 valence electrons. The molecule has 0 aliphatic heterocycles. The lowest BCUT2D eigenvalue weighted by Gasteiger charge is -2.10. The Labute approximate surface area is 193 Å². The molecule has 0 saturated carbocycles. The maximum atomic E-state index is 11.1. The standard InChI is InChI=1S/C25H18N6OS/c1-15-13-16(4-5-17(15)18-6-8-28-24-19(18)7-9-29-24)22-23(20-14-26-10-11-27-20)31(32)25(30-22)21-3-2-12-33-21/h2-14,32H,1H3,(H,28,29). The van der Waals surface area contributed by atoms with Crippen molar-refractivity contribution in [2.24, 2.45) is 0 Å². The maximum Gasteiger partial charge on any atom is 0.186 e. The molecule has 6 aromatic rings. The van der Waals surface area contributed by atoms with Gasteiger partial charge in [0.25, 0.3) is 0 Å². The van der Waals surface area contributed by atoms with E-state index < -0.39 is 0 Å². The normalized spacial score (nSPS) is 11.3. The lowest BCUT2D eigenvalue weighted by molar-refractivity contribution is 0.195. The van der Waals surface area contributed by atoms with E-state index >= 15 is 0 Å². The fourth-order valence-electron chi connectivity index (χ4n) is 4.14. The summed E-state index contributed by atoms with van der Waals surface area (Å²) in [5.41, 5.74) is 6.79. The highest BCUT2D eigenvalue weighted by Gasteiger charge is 2.23. The average molecular weight is 451 g/mol. The molecule has 5 aromatic heterocycles. The highest BCUT2D eigenvalue weighted by atomic mass is 32.1. The summed E-state index contributed by atoms with van der Waals surface area (Å²) < 4.78 is 1.11. The SMILES string of the molecule is Cc1cc(-c2nc(-c3cccs3)n(O)c2-c2cnccn2)ccc1-c1ccnc2[nH]ccc12. The van der Waals surface area contributed by atoms with Gasteiger partial charge in [-0.1, -0.05) is 18.2 Å². The van der Waals surface area contributed by atoms with Gasteiger partial charge in [0.05, 0.1) is 11.1 Å². The molecule has 7 nitrogen and oxygen atoms in total. The number of fused-ring (bicyclic) bond motifs is 1. The smallest absolute Gasteiger partial charge is 0.186 e. The molecule has 0 saturated heterocycles. The molecule has 2 N–H and O–H groups in total. The lowest BCUT2D eigenvalue weighted by Crippen LogP contribution is -1.98. The second-order valence-corrected chi connectivity index (χ2v) is 8.59. The number of thiophene rings is 1. The van der Waals surface area contributed by atoms with Gasteiger partial charge in [0.2, 0.25) is 0 Å². The van der Waals surface area contributed by atoms with Crippen LogP contribution in [0.1, 0.15) is 5.56 Å². The second kappa shape index (κ2) is 7.68. The van der Waals surface area contributed by atoms with Gasteiger partial charge in [-0.05, 0) is 53.3 Å². The largest absolute Gasteiger partial charge is 0.426 e. The molecule has 0 spiro atoms. The summed E-state index contributed by atoms with van der Waals surface area (Å²) in [4.78, 5) is 21.9. The first-order valence-corrected chi connectivity index (χ1v) is 11.2. The Morgan fingerprint density at radius 3 is 2.73 bits per heavy atom. The molecule has 5 heterocycles. The minimum Gasteiger partial charge on any atom is -0.426 e. The van der Waals surface area contributed by atoms with Crippen LogP contribution in [0, 0.1) is 6.92 Å². The van der Waals surface area contributed by atoms with Crippen LogP contribution in [0.2, 0.25) is 0 Å². The third-order valence-corrected chi connectivity index (χ3v) is 6.52. The third-order valence-electron chi connectivity index (χ3n) is 5.65. The number of aromatic amines is 1. The number of rotatable bonds is 4. The number of hydrogen-bond donors (Lipinski definition) is 2. The summed E-state index contributed by atoms with van der Waals surface area (Å²) in [6, 6.07) is 14.2. The number of nitrogens with zero attached hydrogens (tertiary/aromatic N) is 5. The van der Waals surface area contributed by atoms with E-state index in [0.29, 0.717) is 22.9 Å². The highest BCUT2D eigenvalue weighted by Crippen LogP contribution is 2.38. The summed E-state index contributed by atoms with van der Waals surface area (Å²) in [6.07, 6.45) is 8.56. The van der Waals surface area contributed by atoms with E-state index in [1.165, 1.54) is 11.3 Å². The number of H-pyrrole nitrogens is 1. The maximum absolute atomic E-state index is 11.1. The predicted octanol–water partition coefficient (Wildman–Crippen LogP) is 5.82. The van der Waals surface area contributed by atoms with Gasteiger partial charge < -0.3 is 10.2 Å². The third kappa shape index (κ3) is 3.19. The van der Waals surface area contributed by atoms with Gasteiger partial charge >= 0.3 is 0 Å². The van der Waals surface area contributed by atoms with Gasteiger partial charge in [0.1, 0.15) is 22.7 Å². The van der Waals surface area contributed by atoms with E-state index in [4.69, 9.17) is 4.98 Å². The van der Waals surface area contributed by atoms with Crippen LogP contribution < -0.4 is 0 Å². The van der Waals surface area contributed by atoms with Crippen LogP contribution >= 0.6 is 11.3 Å². The molecule has 0 amide bonds. The average Bonchev–Trinajstić information content (AvgIpc) is 3.59. The minimum absolute atomic E-state index is 0.477. The van der Waals surface area contributed by atoms with Gasteiger partial charge in [-0.15, -0.1) is 11.3 Å². The predicted molar refractivity (Wildman–Crippen MR) is 129 cm³/mol. The van der Waals surface area contributed by atoms with E-state index in [1.807, 2.05) is 48.1 Å². The quantitative estimate of drug-likeness (QED) is 0.330. The van der Waals surface area contributed by atoms with E-state index in [2.05, 4.69) is 39.0 Å². The molecule has 0 radical (unpaired) electrons. The van der Waals surface area contributed by atoms with Crippen molar-refractivity contribution in [3.63, 3.8) is 0 Å². The topological polar surface area (TPSA) is 92.5 Å². The summed E-state index contributed by atoms with van der Waals surface area (Å²) in [7, 11) is 0. The minimum atomic E-state index is 0.477. The molecule has 6 rings (SSSR count). The Morgan fingerprint density at radius 1 is 1.00 bits per heavy atom. The van der Waals surface area contributed by atoms with Gasteiger partial charge in [-0.25, -0.2) is 9.97 Å². The summed E-state index contributed by atoms with van der Waals surface area (Å²) in [5, 5.41) is 14.1. The van der Waals surface area contributed by atoms with Crippen molar-refractivity contribution in [3.05, 3.63) is 84.4 Å². The van der Waals surface area contributed by atoms with Crippen LogP contribution in [-0.4, -0.2) is 34.9 Å². The molecule has 0 fully saturated rings. The van der Waals surface area contributed by atoms with Crippen molar-refractivity contribution in [1.29, 1.82) is 0 Å². The second-order valence-electron chi connectivity index (χ2n) is 7.64. The van der Waals surface area contributed by atoms with Crippen LogP contribution in [0.15, 0.2) is 78.8 Å². The fourth-order valence-corrected chi connectivity index (χ4v) is 4.84. The molecular formula is C25H18N6OS. The van der Waals surface area contributed by atoms with E-state index in [1.54, 1.807) is 18.6 Å². The molecule has 0 unspecified atom stereocenters. The van der Waals surface area contributed by atoms with Crippen molar-refractivity contribution in [1.82, 2.24) is 29.7 Å². The first kappa shape index (κ1) is 19.4. The van der Waals surface area contributed by atoms with Crippen molar-refractivity contribution in [3.8, 4) is 44.5 Å². The molecule has 8 heteroatoms. The van der Waals surface area contributed by atoms with E-state index in [-0.39, 0.29) is 0 Å². The van der Waals surface area contributed by atoms with Crippen LogP contribution in [0.3, 0.4) is 0 Å². The zero-order chi connectivity index (χ0) is 22.4. The molecule has 0 aliphatic carbocycles. The van der Waals surface area contributed by atoms with Crippen molar-refractivity contribution < 1.29 is 5.21 Å². The highest BCUT2D eigenvalue weighted by molar-refractivity contribution is 7.13. The first-order chi connectivity index (χ1) is 16.2. The Balaban J connectivity index is 1.53. The summed E-state index contributed by atoms with van der Waals surface area (Å²) in [5.74, 6) is 0.477. The zero-order valence-electron chi connectivity index (χ0n) is 17.6. The Bertz CT molecular complexity index is 1580. The molecule has 33 heavy (non-hydrogen) atoms. The summed E-state index contributed by atoms with van der Waals surface area (Å²) >= 11 is 1.52.